The van der Waals surface area contributed by atoms with Crippen LogP contribution in [-0.4, -0.2) is 25.0 Å². The fraction of sp³-hybridized carbons (Fsp3) is 0.158. The summed E-state index contributed by atoms with van der Waals surface area (Å²) < 4.78 is 5.16. The topological polar surface area (TPSA) is 81.4 Å². The Bertz CT molecular complexity index is 758. The highest BCUT2D eigenvalue weighted by molar-refractivity contribution is 6.30. The zero-order valence-corrected chi connectivity index (χ0v) is 14.3. The standard InChI is InChI=1S/C19H19ClN2O3/c20-16-3-1-2-15(12-16)10-11-22-19(24)9-6-14-4-7-17(8-5-14)25-13-18(21)23/h1-9,12H,10-11,13H2,(H2,21,23)(H,22,24)/b9-6+. The third kappa shape index (κ3) is 7.10. The summed E-state index contributed by atoms with van der Waals surface area (Å²) in [5, 5.41) is 3.51. The largest absolute Gasteiger partial charge is 0.484 e. The summed E-state index contributed by atoms with van der Waals surface area (Å²) in [6.07, 6.45) is 3.88. The Morgan fingerprint density at radius 2 is 1.92 bits per heavy atom. The van der Waals surface area contributed by atoms with E-state index in [1.54, 1.807) is 30.3 Å². The normalized spacial score (nSPS) is 10.6. The molecule has 2 rings (SSSR count). The molecule has 0 radical (unpaired) electrons. The van der Waals surface area contributed by atoms with Crippen molar-refractivity contribution in [3.8, 4) is 5.75 Å². The zero-order valence-electron chi connectivity index (χ0n) is 13.6. The summed E-state index contributed by atoms with van der Waals surface area (Å²) in [7, 11) is 0. The Morgan fingerprint density at radius 1 is 1.16 bits per heavy atom. The van der Waals surface area contributed by atoms with Crippen LogP contribution in [0.2, 0.25) is 5.02 Å². The third-order valence-electron chi connectivity index (χ3n) is 3.29. The summed E-state index contributed by atoms with van der Waals surface area (Å²) in [4.78, 5) is 22.5. The van der Waals surface area contributed by atoms with Gasteiger partial charge >= 0.3 is 0 Å². The number of benzene rings is 2. The fourth-order valence-corrected chi connectivity index (χ4v) is 2.30. The minimum absolute atomic E-state index is 0.162. The molecule has 2 aromatic rings. The van der Waals surface area contributed by atoms with Crippen LogP contribution < -0.4 is 15.8 Å². The SMILES string of the molecule is NC(=O)COc1ccc(/C=C/C(=O)NCCc2cccc(Cl)c2)cc1. The molecule has 2 aromatic carbocycles. The second-order valence-corrected chi connectivity index (χ2v) is 5.76. The number of hydrogen-bond acceptors (Lipinski definition) is 3. The van der Waals surface area contributed by atoms with E-state index in [9.17, 15) is 9.59 Å². The molecule has 0 fully saturated rings. The molecule has 5 nitrogen and oxygen atoms in total. The maximum Gasteiger partial charge on any atom is 0.255 e. The van der Waals surface area contributed by atoms with E-state index >= 15 is 0 Å². The van der Waals surface area contributed by atoms with Crippen LogP contribution in [0.3, 0.4) is 0 Å². The number of nitrogens with one attached hydrogen (secondary N) is 1. The van der Waals surface area contributed by atoms with E-state index in [4.69, 9.17) is 22.1 Å². The molecule has 0 saturated carbocycles. The van der Waals surface area contributed by atoms with Gasteiger partial charge in [0.15, 0.2) is 6.61 Å². The lowest BCUT2D eigenvalue weighted by molar-refractivity contribution is -0.120. The van der Waals surface area contributed by atoms with Crippen molar-refractivity contribution in [3.63, 3.8) is 0 Å². The van der Waals surface area contributed by atoms with Crippen molar-refractivity contribution < 1.29 is 14.3 Å². The fourth-order valence-electron chi connectivity index (χ4n) is 2.08. The van der Waals surface area contributed by atoms with Crippen LogP contribution in [0.5, 0.6) is 5.75 Å². The molecule has 0 aromatic heterocycles. The van der Waals surface area contributed by atoms with E-state index in [0.29, 0.717) is 23.7 Å². The Hall–Kier alpha value is -2.79. The monoisotopic (exact) mass is 358 g/mol. The van der Waals surface area contributed by atoms with Gasteiger partial charge in [-0.3, -0.25) is 9.59 Å². The van der Waals surface area contributed by atoms with E-state index in [1.807, 2.05) is 24.3 Å². The Labute approximate surface area is 151 Å². The van der Waals surface area contributed by atoms with Gasteiger partial charge in [-0.2, -0.15) is 0 Å². The minimum atomic E-state index is -0.529. The molecule has 0 aliphatic carbocycles. The first-order valence-corrected chi connectivity index (χ1v) is 8.12. The first-order chi connectivity index (χ1) is 12.0. The molecule has 0 unspecified atom stereocenters. The highest BCUT2D eigenvalue weighted by Gasteiger charge is 1.99. The van der Waals surface area contributed by atoms with Crippen LogP contribution in [0.15, 0.2) is 54.6 Å². The Kier molecular flexibility index (Phi) is 7.04. The van der Waals surface area contributed by atoms with Gasteiger partial charge in [0.2, 0.25) is 5.91 Å². The quantitative estimate of drug-likeness (QED) is 0.711. The molecular formula is C19H19ClN2O3. The number of hydrogen-bond donors (Lipinski definition) is 2. The molecule has 0 atom stereocenters. The molecule has 25 heavy (non-hydrogen) atoms. The van der Waals surface area contributed by atoms with E-state index in [0.717, 1.165) is 11.1 Å². The van der Waals surface area contributed by atoms with Crippen molar-refractivity contribution in [3.05, 3.63) is 70.8 Å². The second kappa shape index (κ2) is 9.49. The van der Waals surface area contributed by atoms with Gasteiger partial charge in [0.05, 0.1) is 0 Å². The third-order valence-corrected chi connectivity index (χ3v) is 3.53. The summed E-state index contributed by atoms with van der Waals surface area (Å²) in [5.41, 5.74) is 6.93. The average molecular weight is 359 g/mol. The van der Waals surface area contributed by atoms with Crippen LogP contribution in [0.25, 0.3) is 6.08 Å². The van der Waals surface area contributed by atoms with Gasteiger partial charge in [0.1, 0.15) is 5.75 Å². The van der Waals surface area contributed by atoms with E-state index < -0.39 is 5.91 Å². The predicted octanol–water partition coefficient (Wildman–Crippen LogP) is 2.58. The molecule has 0 aliphatic rings. The maximum atomic E-state index is 11.8. The van der Waals surface area contributed by atoms with Gasteiger partial charge in [-0.25, -0.2) is 0 Å². The molecule has 0 aliphatic heterocycles. The number of nitrogens with two attached hydrogens (primary N) is 1. The number of halogens is 1. The smallest absolute Gasteiger partial charge is 0.255 e. The number of amides is 2. The van der Waals surface area contributed by atoms with Gasteiger partial charge in [0.25, 0.3) is 5.91 Å². The number of ether oxygens (including phenoxy) is 1. The number of carbonyl (C=O) groups excluding carboxylic acids is 2. The van der Waals surface area contributed by atoms with Gasteiger partial charge < -0.3 is 15.8 Å². The van der Waals surface area contributed by atoms with Crippen LogP contribution in [0.1, 0.15) is 11.1 Å². The maximum absolute atomic E-state index is 11.8. The number of rotatable bonds is 8. The molecule has 3 N–H and O–H groups in total. The Morgan fingerprint density at radius 3 is 2.60 bits per heavy atom. The van der Waals surface area contributed by atoms with E-state index in [1.165, 1.54) is 6.08 Å². The summed E-state index contributed by atoms with van der Waals surface area (Å²) in [6.45, 7) is 0.369. The van der Waals surface area contributed by atoms with Crippen LogP contribution in [0.4, 0.5) is 0 Å². The van der Waals surface area contributed by atoms with Crippen molar-refractivity contribution >= 4 is 29.5 Å². The molecule has 0 spiro atoms. The molecule has 0 bridgehead atoms. The molecule has 6 heteroatoms. The summed E-state index contributed by atoms with van der Waals surface area (Å²) in [6, 6.07) is 14.5. The van der Waals surface area contributed by atoms with Crippen LogP contribution in [-0.2, 0) is 16.0 Å². The van der Waals surface area contributed by atoms with Gasteiger partial charge in [-0.15, -0.1) is 0 Å². The van der Waals surface area contributed by atoms with Gasteiger partial charge in [-0.1, -0.05) is 35.9 Å². The van der Waals surface area contributed by atoms with Crippen molar-refractivity contribution in [1.29, 1.82) is 0 Å². The van der Waals surface area contributed by atoms with Crippen molar-refractivity contribution in [2.24, 2.45) is 5.73 Å². The molecule has 2 amide bonds. The molecule has 0 saturated heterocycles. The lowest BCUT2D eigenvalue weighted by Gasteiger charge is -2.04. The number of primary amides is 1. The molecule has 0 heterocycles. The Balaban J connectivity index is 1.76. The molecule has 130 valence electrons. The zero-order chi connectivity index (χ0) is 18.1. The first kappa shape index (κ1) is 18.5. The van der Waals surface area contributed by atoms with Gasteiger partial charge in [-0.05, 0) is 47.9 Å². The summed E-state index contributed by atoms with van der Waals surface area (Å²) >= 11 is 5.92. The van der Waals surface area contributed by atoms with Crippen LogP contribution >= 0.6 is 11.6 Å². The molecular weight excluding hydrogens is 340 g/mol. The first-order valence-electron chi connectivity index (χ1n) is 7.74. The predicted molar refractivity (Wildman–Crippen MR) is 98.3 cm³/mol. The minimum Gasteiger partial charge on any atom is -0.484 e. The average Bonchev–Trinajstić information content (AvgIpc) is 2.59. The van der Waals surface area contributed by atoms with Crippen LogP contribution in [0, 0.1) is 0 Å². The number of carbonyl (C=O) groups is 2. The highest BCUT2D eigenvalue weighted by Crippen LogP contribution is 2.13. The second-order valence-electron chi connectivity index (χ2n) is 5.33. The van der Waals surface area contributed by atoms with Gasteiger partial charge in [0, 0.05) is 17.6 Å². The van der Waals surface area contributed by atoms with Crippen molar-refractivity contribution in [1.82, 2.24) is 5.32 Å². The van der Waals surface area contributed by atoms with Crippen molar-refractivity contribution in [2.75, 3.05) is 13.2 Å². The highest BCUT2D eigenvalue weighted by atomic mass is 35.5. The van der Waals surface area contributed by atoms with E-state index in [2.05, 4.69) is 5.32 Å². The lowest BCUT2D eigenvalue weighted by Crippen LogP contribution is -2.23. The summed E-state index contributed by atoms with van der Waals surface area (Å²) in [5.74, 6) is -0.156. The lowest BCUT2D eigenvalue weighted by atomic mass is 10.1. The van der Waals surface area contributed by atoms with Crippen molar-refractivity contribution in [2.45, 2.75) is 6.42 Å². The van der Waals surface area contributed by atoms with E-state index in [-0.39, 0.29) is 12.5 Å².